The second-order valence-corrected chi connectivity index (χ2v) is 2.28. The molecule has 5 heteroatoms. The predicted octanol–water partition coefficient (Wildman–Crippen LogP) is -2.35. The Balaban J connectivity index is 4.18. The molecule has 0 aromatic rings. The first-order valence-corrected chi connectivity index (χ1v) is 3.10. The standard InChI is InChI=1S/C6H12O5/c1-3(8)5(10)6(11)4(9)2-7/h2-6,8-11H,1H3/t3-,4+,5+,6-/m0/s1/i2D. The van der Waals surface area contributed by atoms with Crippen molar-refractivity contribution < 1.29 is 26.6 Å². The quantitative estimate of drug-likeness (QED) is 0.350. The van der Waals surface area contributed by atoms with E-state index < -0.39 is 30.7 Å². The van der Waals surface area contributed by atoms with Crippen molar-refractivity contribution in [3.05, 3.63) is 0 Å². The van der Waals surface area contributed by atoms with E-state index in [4.69, 9.17) is 21.8 Å². The lowest BCUT2D eigenvalue weighted by molar-refractivity contribution is -0.132. The van der Waals surface area contributed by atoms with Crippen LogP contribution in [0.4, 0.5) is 0 Å². The van der Waals surface area contributed by atoms with Crippen molar-refractivity contribution in [3.8, 4) is 0 Å². The maximum atomic E-state index is 10.2. The van der Waals surface area contributed by atoms with Crippen molar-refractivity contribution in [1.82, 2.24) is 0 Å². The van der Waals surface area contributed by atoms with Crippen molar-refractivity contribution in [2.24, 2.45) is 0 Å². The van der Waals surface area contributed by atoms with Gasteiger partial charge in [-0.15, -0.1) is 0 Å². The van der Waals surface area contributed by atoms with E-state index in [1.54, 1.807) is 0 Å². The van der Waals surface area contributed by atoms with E-state index in [0.717, 1.165) is 0 Å². The molecule has 0 aromatic heterocycles. The van der Waals surface area contributed by atoms with Gasteiger partial charge in [-0.05, 0) is 6.92 Å². The Morgan fingerprint density at radius 3 is 2.00 bits per heavy atom. The molecule has 5 nitrogen and oxygen atoms in total. The monoisotopic (exact) mass is 165 g/mol. The van der Waals surface area contributed by atoms with E-state index in [-0.39, 0.29) is 0 Å². The summed E-state index contributed by atoms with van der Waals surface area (Å²) in [6, 6.07) is 0. The van der Waals surface area contributed by atoms with Crippen LogP contribution in [0.2, 0.25) is 0 Å². The van der Waals surface area contributed by atoms with E-state index in [9.17, 15) is 4.79 Å². The summed E-state index contributed by atoms with van der Waals surface area (Å²) in [6.07, 6.45) is -8.10. The molecule has 0 amide bonds. The number of aliphatic hydroxyl groups is 4. The molecule has 0 spiro atoms. The van der Waals surface area contributed by atoms with Crippen molar-refractivity contribution in [3.63, 3.8) is 0 Å². The number of carbonyl (C=O) groups is 1. The van der Waals surface area contributed by atoms with Gasteiger partial charge in [-0.3, -0.25) is 0 Å². The fourth-order valence-electron chi connectivity index (χ4n) is 0.542. The normalized spacial score (nSPS) is 23.2. The largest absolute Gasteiger partial charge is 0.391 e. The highest BCUT2D eigenvalue weighted by atomic mass is 16.4. The first kappa shape index (κ1) is 8.61. The average molecular weight is 165 g/mol. The lowest BCUT2D eigenvalue weighted by Crippen LogP contribution is -2.43. The average Bonchev–Trinajstić information content (AvgIpc) is 2.00. The van der Waals surface area contributed by atoms with Crippen molar-refractivity contribution in [2.45, 2.75) is 31.3 Å². The minimum atomic E-state index is -1.98. The van der Waals surface area contributed by atoms with Crippen LogP contribution in [0.25, 0.3) is 0 Å². The molecule has 0 aliphatic heterocycles. The molecule has 0 aromatic carbocycles. The Kier molecular flexibility index (Phi) is 3.44. The van der Waals surface area contributed by atoms with Gasteiger partial charge in [0, 0.05) is 0 Å². The molecule has 0 radical (unpaired) electrons. The molecule has 0 fully saturated rings. The van der Waals surface area contributed by atoms with Crippen LogP contribution >= 0.6 is 0 Å². The van der Waals surface area contributed by atoms with Crippen LogP contribution in [-0.2, 0) is 4.79 Å². The second kappa shape index (κ2) is 4.40. The molecule has 0 rings (SSSR count). The van der Waals surface area contributed by atoms with Crippen LogP contribution in [0.1, 0.15) is 8.29 Å². The third-order valence-electron chi connectivity index (χ3n) is 1.29. The number of rotatable bonds is 4. The van der Waals surface area contributed by atoms with Crippen LogP contribution in [0.15, 0.2) is 0 Å². The lowest BCUT2D eigenvalue weighted by Gasteiger charge is -2.21. The zero-order chi connectivity index (χ0) is 9.89. The van der Waals surface area contributed by atoms with Crippen molar-refractivity contribution >= 4 is 6.26 Å². The predicted molar refractivity (Wildman–Crippen MR) is 35.8 cm³/mol. The molecule has 0 unspecified atom stereocenters. The zero-order valence-corrected chi connectivity index (χ0v) is 6.01. The van der Waals surface area contributed by atoms with Gasteiger partial charge >= 0.3 is 0 Å². The van der Waals surface area contributed by atoms with Gasteiger partial charge < -0.3 is 25.2 Å². The van der Waals surface area contributed by atoms with E-state index in [1.807, 2.05) is 0 Å². The second-order valence-electron chi connectivity index (χ2n) is 2.28. The molecular weight excluding hydrogens is 152 g/mol. The summed E-state index contributed by atoms with van der Waals surface area (Å²) in [7, 11) is 0. The summed E-state index contributed by atoms with van der Waals surface area (Å²) >= 11 is 0. The molecule has 4 N–H and O–H groups in total. The van der Waals surface area contributed by atoms with Crippen LogP contribution in [0.3, 0.4) is 0 Å². The van der Waals surface area contributed by atoms with Gasteiger partial charge in [-0.2, -0.15) is 0 Å². The summed E-state index contributed by atoms with van der Waals surface area (Å²) in [4.78, 5) is 10.2. The van der Waals surface area contributed by atoms with Crippen molar-refractivity contribution in [1.29, 1.82) is 0 Å². The maximum Gasteiger partial charge on any atom is 0.151 e. The number of carbonyl (C=O) groups excluding carboxylic acids is 1. The third-order valence-corrected chi connectivity index (χ3v) is 1.29. The number of aldehydes is 1. The molecule has 0 heterocycles. The van der Waals surface area contributed by atoms with Gasteiger partial charge in [0.15, 0.2) is 6.26 Å². The topological polar surface area (TPSA) is 98.0 Å². The molecule has 0 aliphatic rings. The Morgan fingerprint density at radius 2 is 1.73 bits per heavy atom. The Hall–Kier alpha value is -0.490. The molecular formula is C6H12O5. The van der Waals surface area contributed by atoms with Crippen LogP contribution in [0.5, 0.6) is 0 Å². The van der Waals surface area contributed by atoms with E-state index in [2.05, 4.69) is 0 Å². The van der Waals surface area contributed by atoms with E-state index in [1.165, 1.54) is 6.92 Å². The Labute approximate surface area is 65.3 Å². The van der Waals surface area contributed by atoms with E-state index >= 15 is 0 Å². The Bertz CT molecular complexity index is 160. The minimum absolute atomic E-state index is 1.19. The summed E-state index contributed by atoms with van der Waals surface area (Å²) < 4.78 is 6.41. The number of aliphatic hydroxyl groups excluding tert-OH is 4. The van der Waals surface area contributed by atoms with Gasteiger partial charge in [0.05, 0.1) is 6.10 Å². The molecule has 0 aliphatic carbocycles. The zero-order valence-electron chi connectivity index (χ0n) is 7.01. The van der Waals surface area contributed by atoms with Gasteiger partial charge in [0.2, 0.25) is 0 Å². The SMILES string of the molecule is [2H]C(=O)[C@@H](O)[C@H](O)[C@H](O)[C@H](C)O. The maximum absolute atomic E-state index is 10.2. The molecule has 0 saturated heterocycles. The van der Waals surface area contributed by atoms with Crippen LogP contribution in [-0.4, -0.2) is 51.1 Å². The fourth-order valence-corrected chi connectivity index (χ4v) is 0.542. The van der Waals surface area contributed by atoms with Gasteiger partial charge in [-0.25, -0.2) is 0 Å². The highest BCUT2D eigenvalue weighted by Gasteiger charge is 2.27. The molecule has 66 valence electrons. The first-order chi connectivity index (χ1) is 5.37. The minimum Gasteiger partial charge on any atom is -0.391 e. The lowest BCUT2D eigenvalue weighted by atomic mass is 10.1. The highest BCUT2D eigenvalue weighted by Crippen LogP contribution is 2.02. The summed E-state index contributed by atoms with van der Waals surface area (Å²) in [6.45, 7) is 1.19. The highest BCUT2D eigenvalue weighted by molar-refractivity contribution is 5.56. The summed E-state index contributed by atoms with van der Waals surface area (Å²) in [5.41, 5.74) is 0. The van der Waals surface area contributed by atoms with Gasteiger partial charge in [0.25, 0.3) is 0 Å². The fraction of sp³-hybridized carbons (Fsp3) is 0.833. The molecule has 0 saturated carbocycles. The summed E-state index contributed by atoms with van der Waals surface area (Å²) in [5.74, 6) is 0. The van der Waals surface area contributed by atoms with E-state index in [0.29, 0.717) is 0 Å². The number of hydrogen-bond donors (Lipinski definition) is 4. The Morgan fingerprint density at radius 1 is 1.27 bits per heavy atom. The third kappa shape index (κ3) is 2.94. The van der Waals surface area contributed by atoms with Crippen molar-refractivity contribution in [2.75, 3.05) is 0 Å². The van der Waals surface area contributed by atoms with Crippen LogP contribution in [0, 0.1) is 0 Å². The smallest absolute Gasteiger partial charge is 0.151 e. The number of hydrogen-bond acceptors (Lipinski definition) is 5. The van der Waals surface area contributed by atoms with Gasteiger partial charge in [0.1, 0.15) is 19.7 Å². The van der Waals surface area contributed by atoms with Crippen LogP contribution < -0.4 is 0 Å². The molecule has 11 heavy (non-hydrogen) atoms. The van der Waals surface area contributed by atoms with Gasteiger partial charge in [-0.1, -0.05) is 0 Å². The first-order valence-electron chi connectivity index (χ1n) is 3.60. The molecule has 4 atom stereocenters. The summed E-state index contributed by atoms with van der Waals surface area (Å²) in [5, 5.41) is 35.3. The molecule has 0 bridgehead atoms.